The summed E-state index contributed by atoms with van der Waals surface area (Å²) in [5.41, 5.74) is 15.4. The number of hydrogen-bond acceptors (Lipinski definition) is 7. The van der Waals surface area contributed by atoms with E-state index >= 15 is 0 Å². The maximum Gasteiger partial charge on any atom is 0.161 e. The lowest BCUT2D eigenvalue weighted by Gasteiger charge is -2.30. The maximum absolute atomic E-state index is 10.4. The van der Waals surface area contributed by atoms with Gasteiger partial charge in [0.25, 0.3) is 0 Å². The highest BCUT2D eigenvalue weighted by Gasteiger charge is 2.24. The number of aromatic hydroxyl groups is 1. The van der Waals surface area contributed by atoms with Crippen molar-refractivity contribution >= 4 is 0 Å². The van der Waals surface area contributed by atoms with E-state index in [0.29, 0.717) is 38.7 Å². The highest BCUT2D eigenvalue weighted by molar-refractivity contribution is 5.49. The highest BCUT2D eigenvalue weighted by atomic mass is 16.6. The molecular formula is C22H29N3O4. The number of hydrogen-bond donors (Lipinski definition) is 4. The third kappa shape index (κ3) is 4.88. The van der Waals surface area contributed by atoms with Crippen molar-refractivity contribution in [3.63, 3.8) is 0 Å². The number of nitrogens with two attached hydrogens (primary N) is 2. The molecule has 2 heterocycles. The number of ether oxygens (including phenoxy) is 3. The second-order valence-corrected chi connectivity index (χ2v) is 7.64. The lowest BCUT2D eigenvalue weighted by atomic mass is 9.87. The molecule has 6 N–H and O–H groups in total. The van der Waals surface area contributed by atoms with E-state index in [9.17, 15) is 5.11 Å². The third-order valence-corrected chi connectivity index (χ3v) is 5.46. The van der Waals surface area contributed by atoms with Crippen molar-refractivity contribution in [2.45, 2.75) is 30.7 Å². The van der Waals surface area contributed by atoms with Crippen LogP contribution in [0, 0.1) is 0 Å². The van der Waals surface area contributed by atoms with Crippen molar-refractivity contribution in [3.05, 3.63) is 59.2 Å². The van der Waals surface area contributed by atoms with Crippen LogP contribution in [0.25, 0.3) is 0 Å². The first-order chi connectivity index (χ1) is 14.1. The molecule has 1 aliphatic carbocycles. The van der Waals surface area contributed by atoms with Gasteiger partial charge in [0.15, 0.2) is 11.5 Å². The van der Waals surface area contributed by atoms with Crippen LogP contribution in [0.2, 0.25) is 0 Å². The molecule has 7 nitrogen and oxygen atoms in total. The molecule has 156 valence electrons. The predicted molar refractivity (Wildman–Crippen MR) is 111 cm³/mol. The predicted octanol–water partition coefficient (Wildman–Crippen LogP) is 1.30. The Morgan fingerprint density at radius 2 is 2.14 bits per heavy atom. The maximum atomic E-state index is 10.4. The fraction of sp³-hybridized carbons (Fsp3) is 0.455. The molecule has 1 aromatic rings. The molecular weight excluding hydrogens is 370 g/mol. The minimum absolute atomic E-state index is 0.0676. The Balaban J connectivity index is 1.46. The molecule has 0 aromatic heterocycles. The van der Waals surface area contributed by atoms with Gasteiger partial charge in [0.2, 0.25) is 0 Å². The number of nitrogens with one attached hydrogen (secondary N) is 1. The van der Waals surface area contributed by atoms with Crippen LogP contribution in [-0.4, -0.2) is 56.4 Å². The highest BCUT2D eigenvalue weighted by Crippen LogP contribution is 2.33. The lowest BCUT2D eigenvalue weighted by Crippen LogP contribution is -2.44. The third-order valence-electron chi connectivity index (χ3n) is 5.46. The summed E-state index contributed by atoms with van der Waals surface area (Å²) < 4.78 is 16.7. The number of rotatable bonds is 5. The van der Waals surface area contributed by atoms with Gasteiger partial charge in [-0.3, -0.25) is 5.32 Å². The Morgan fingerprint density at radius 1 is 1.24 bits per heavy atom. The van der Waals surface area contributed by atoms with Crippen LogP contribution in [0.4, 0.5) is 0 Å². The smallest absolute Gasteiger partial charge is 0.161 e. The van der Waals surface area contributed by atoms with E-state index in [-0.39, 0.29) is 30.0 Å². The van der Waals surface area contributed by atoms with E-state index < -0.39 is 0 Å². The lowest BCUT2D eigenvalue weighted by molar-refractivity contribution is -0.101. The minimum Gasteiger partial charge on any atom is -0.504 e. The largest absolute Gasteiger partial charge is 0.504 e. The van der Waals surface area contributed by atoms with Crippen LogP contribution in [0.1, 0.15) is 17.9 Å². The molecule has 0 bridgehead atoms. The van der Waals surface area contributed by atoms with Crippen LogP contribution in [-0.2, 0) is 9.47 Å². The molecule has 1 saturated heterocycles. The Hall–Kier alpha value is -2.16. The van der Waals surface area contributed by atoms with Crippen LogP contribution in [0.15, 0.2) is 53.6 Å². The molecule has 3 unspecified atom stereocenters. The van der Waals surface area contributed by atoms with Gasteiger partial charge in [-0.2, -0.15) is 0 Å². The molecule has 4 rings (SSSR count). The van der Waals surface area contributed by atoms with Crippen molar-refractivity contribution in [3.8, 4) is 11.5 Å². The summed E-state index contributed by atoms with van der Waals surface area (Å²) in [6.07, 6.45) is 8.83. The Kier molecular flexibility index (Phi) is 6.32. The standard InChI is InChI=1S/C22H29N3O4/c23-17-4-1-14(2-5-17)19-9-16(11-25-22(19)24)15-3-6-21(20(26)10-15)29-13-18-12-27-7-8-28-18/h1-4,6,9-10,16-18,22,25-26H,5,7-8,11-13,23-24H2/t16?,17?,18-,22?/m1/s1. The zero-order valence-electron chi connectivity index (χ0n) is 16.4. The fourth-order valence-corrected chi connectivity index (χ4v) is 3.79. The molecule has 4 atom stereocenters. The first-order valence-electron chi connectivity index (χ1n) is 10.1. The number of phenols is 1. The van der Waals surface area contributed by atoms with Crippen molar-refractivity contribution in [1.82, 2.24) is 5.32 Å². The summed E-state index contributed by atoms with van der Waals surface area (Å²) in [5, 5.41) is 13.8. The van der Waals surface area contributed by atoms with Gasteiger partial charge in [0, 0.05) is 18.5 Å². The molecule has 0 spiro atoms. The second-order valence-electron chi connectivity index (χ2n) is 7.64. The molecule has 0 radical (unpaired) electrons. The SMILES string of the molecule is NC1C=CC(C2=CC(c3ccc(OC[C@H]4COCCO4)c(O)c3)CNC2N)=CC1. The molecule has 2 aliphatic heterocycles. The van der Waals surface area contributed by atoms with Crippen LogP contribution in [0.5, 0.6) is 11.5 Å². The summed E-state index contributed by atoms with van der Waals surface area (Å²) in [6, 6.07) is 5.60. The zero-order chi connectivity index (χ0) is 20.2. The van der Waals surface area contributed by atoms with E-state index in [2.05, 4.69) is 17.5 Å². The Morgan fingerprint density at radius 3 is 2.86 bits per heavy atom. The second kappa shape index (κ2) is 9.11. The van der Waals surface area contributed by atoms with Crippen LogP contribution >= 0.6 is 0 Å². The quantitative estimate of drug-likeness (QED) is 0.590. The normalized spacial score (nSPS) is 29.9. The van der Waals surface area contributed by atoms with Gasteiger partial charge in [0.1, 0.15) is 12.7 Å². The van der Waals surface area contributed by atoms with Gasteiger partial charge in [-0.25, -0.2) is 0 Å². The van der Waals surface area contributed by atoms with Crippen molar-refractivity contribution in [2.24, 2.45) is 11.5 Å². The summed E-state index contributed by atoms with van der Waals surface area (Å²) in [6.45, 7) is 2.75. The van der Waals surface area contributed by atoms with Crippen molar-refractivity contribution in [1.29, 1.82) is 0 Å². The monoisotopic (exact) mass is 399 g/mol. The fourth-order valence-electron chi connectivity index (χ4n) is 3.79. The molecule has 1 aromatic carbocycles. The van der Waals surface area contributed by atoms with Crippen molar-refractivity contribution < 1.29 is 19.3 Å². The zero-order valence-corrected chi connectivity index (χ0v) is 16.4. The number of phenolic OH excluding ortho intramolecular Hbond substituents is 1. The Labute approximate surface area is 171 Å². The van der Waals surface area contributed by atoms with Gasteiger partial charge in [-0.15, -0.1) is 0 Å². The van der Waals surface area contributed by atoms with E-state index in [1.165, 1.54) is 0 Å². The topological polar surface area (TPSA) is 112 Å². The molecule has 7 heteroatoms. The van der Waals surface area contributed by atoms with Gasteiger partial charge < -0.3 is 30.8 Å². The number of allylic oxidation sites excluding steroid dienone is 1. The molecule has 0 amide bonds. The van der Waals surface area contributed by atoms with E-state index in [4.69, 9.17) is 25.7 Å². The van der Waals surface area contributed by atoms with Gasteiger partial charge >= 0.3 is 0 Å². The summed E-state index contributed by atoms with van der Waals surface area (Å²) >= 11 is 0. The van der Waals surface area contributed by atoms with E-state index in [1.807, 2.05) is 18.2 Å². The summed E-state index contributed by atoms with van der Waals surface area (Å²) in [7, 11) is 0. The van der Waals surface area contributed by atoms with Gasteiger partial charge in [0.05, 0.1) is 26.0 Å². The van der Waals surface area contributed by atoms with Gasteiger partial charge in [-0.05, 0) is 35.3 Å². The van der Waals surface area contributed by atoms with Crippen LogP contribution in [0.3, 0.4) is 0 Å². The van der Waals surface area contributed by atoms with Crippen LogP contribution < -0.4 is 21.5 Å². The summed E-state index contributed by atoms with van der Waals surface area (Å²) in [5.74, 6) is 0.663. The van der Waals surface area contributed by atoms with Crippen molar-refractivity contribution in [2.75, 3.05) is 33.0 Å². The molecule has 1 fully saturated rings. The molecule has 29 heavy (non-hydrogen) atoms. The van der Waals surface area contributed by atoms with Gasteiger partial charge in [-0.1, -0.05) is 30.4 Å². The first-order valence-corrected chi connectivity index (χ1v) is 10.1. The number of benzene rings is 1. The molecule has 3 aliphatic rings. The minimum atomic E-state index is -0.217. The Bertz CT molecular complexity index is 814. The average Bonchev–Trinajstić information content (AvgIpc) is 2.75. The molecule has 0 saturated carbocycles. The van der Waals surface area contributed by atoms with E-state index in [1.54, 1.807) is 12.1 Å². The van der Waals surface area contributed by atoms with E-state index in [0.717, 1.165) is 23.1 Å². The average molecular weight is 399 g/mol. The first kappa shape index (κ1) is 20.1. The summed E-state index contributed by atoms with van der Waals surface area (Å²) in [4.78, 5) is 0.